The number of hydrogen-bond acceptors (Lipinski definition) is 10. The second kappa shape index (κ2) is 10.9. The van der Waals surface area contributed by atoms with Crippen LogP contribution in [-0.2, 0) is 31.9 Å². The molecule has 2 aromatic rings. The Morgan fingerprint density at radius 3 is 1.50 bits per heavy atom. The molecule has 0 radical (unpaired) electrons. The van der Waals surface area contributed by atoms with Crippen LogP contribution in [0.5, 0.6) is 0 Å². The normalized spacial score (nSPS) is 15.3. The zero-order valence-electron chi connectivity index (χ0n) is 16.9. The van der Waals surface area contributed by atoms with Gasteiger partial charge in [0.05, 0.1) is 0 Å². The van der Waals surface area contributed by atoms with Crippen LogP contribution in [0.25, 0.3) is 0 Å². The Morgan fingerprint density at radius 1 is 0.833 bits per heavy atom. The van der Waals surface area contributed by atoms with Gasteiger partial charge in [-0.15, -0.1) is 0 Å². The standard InChI is InChI=1S/C20H28N2O8/c1-11-3-5-13(27-11)7-9-15(21)29-19(25)17(23)18(24)20(26)30-16(22)10-8-14-6-4-12(2)28-14/h3-6,15-18,23-24H,7-10,21-22H2,1-2H3/t15-,16-,17?,18?/m1/s1. The lowest BCUT2D eigenvalue weighted by atomic mass is 10.2. The molecule has 2 unspecified atom stereocenters. The SMILES string of the molecule is Cc1ccc(CC[C@H](N)OC(=O)C(O)C(O)C(=O)O[C@@H](N)CCc2ccc(C)o2)o1. The van der Waals surface area contributed by atoms with E-state index in [1.165, 1.54) is 0 Å². The van der Waals surface area contributed by atoms with Gasteiger partial charge in [0.2, 0.25) is 0 Å². The Balaban J connectivity index is 1.73. The van der Waals surface area contributed by atoms with Crippen molar-refractivity contribution in [3.63, 3.8) is 0 Å². The minimum Gasteiger partial charge on any atom is -0.466 e. The van der Waals surface area contributed by atoms with Gasteiger partial charge in [0.25, 0.3) is 0 Å². The summed E-state index contributed by atoms with van der Waals surface area (Å²) in [6, 6.07) is 7.13. The number of aryl methyl sites for hydroxylation is 4. The average Bonchev–Trinajstić information content (AvgIpc) is 3.31. The topological polar surface area (TPSA) is 171 Å². The van der Waals surface area contributed by atoms with Crippen LogP contribution in [0.2, 0.25) is 0 Å². The van der Waals surface area contributed by atoms with Crippen LogP contribution < -0.4 is 11.5 Å². The maximum Gasteiger partial charge on any atom is 0.339 e. The third-order valence-corrected chi connectivity index (χ3v) is 4.26. The van der Waals surface area contributed by atoms with Crippen molar-refractivity contribution in [2.75, 3.05) is 0 Å². The largest absolute Gasteiger partial charge is 0.466 e. The van der Waals surface area contributed by atoms with Gasteiger partial charge >= 0.3 is 11.9 Å². The van der Waals surface area contributed by atoms with Crippen molar-refractivity contribution in [2.24, 2.45) is 11.5 Å². The number of aliphatic hydroxyl groups excluding tert-OH is 2. The first-order chi connectivity index (χ1) is 14.2. The van der Waals surface area contributed by atoms with Crippen LogP contribution in [-0.4, -0.2) is 46.8 Å². The van der Waals surface area contributed by atoms with Crippen molar-refractivity contribution in [2.45, 2.75) is 64.2 Å². The second-order valence-electron chi connectivity index (χ2n) is 6.94. The Hall–Kier alpha value is -2.66. The van der Waals surface area contributed by atoms with Gasteiger partial charge in [-0.3, -0.25) is 11.5 Å². The van der Waals surface area contributed by atoms with Gasteiger partial charge in [0.1, 0.15) is 23.0 Å². The fourth-order valence-corrected chi connectivity index (χ4v) is 2.62. The maximum atomic E-state index is 11.9. The number of hydrogen-bond donors (Lipinski definition) is 4. The van der Waals surface area contributed by atoms with Gasteiger partial charge in [0, 0.05) is 25.7 Å². The number of esters is 2. The third-order valence-electron chi connectivity index (χ3n) is 4.26. The van der Waals surface area contributed by atoms with Crippen molar-refractivity contribution in [3.05, 3.63) is 47.3 Å². The van der Waals surface area contributed by atoms with E-state index in [1.54, 1.807) is 38.1 Å². The molecule has 0 amide bonds. The van der Waals surface area contributed by atoms with Crippen molar-refractivity contribution in [3.8, 4) is 0 Å². The first kappa shape index (κ1) is 23.6. The van der Waals surface area contributed by atoms with E-state index in [-0.39, 0.29) is 12.8 Å². The van der Waals surface area contributed by atoms with Crippen molar-refractivity contribution >= 4 is 11.9 Å². The summed E-state index contributed by atoms with van der Waals surface area (Å²) in [5.41, 5.74) is 11.4. The minimum atomic E-state index is -2.16. The molecular formula is C20H28N2O8. The third kappa shape index (κ3) is 7.30. The van der Waals surface area contributed by atoms with E-state index >= 15 is 0 Å². The molecule has 4 atom stereocenters. The molecule has 0 aliphatic rings. The number of carbonyl (C=O) groups is 2. The highest BCUT2D eigenvalue weighted by molar-refractivity contribution is 5.85. The molecule has 10 heteroatoms. The first-order valence-electron chi connectivity index (χ1n) is 9.54. The van der Waals surface area contributed by atoms with Crippen molar-refractivity contribution in [1.82, 2.24) is 0 Å². The molecule has 166 valence electrons. The summed E-state index contributed by atoms with van der Waals surface area (Å²) < 4.78 is 20.5. The molecule has 0 aromatic carbocycles. The lowest BCUT2D eigenvalue weighted by Gasteiger charge is -2.20. The predicted molar refractivity (Wildman–Crippen MR) is 104 cm³/mol. The maximum absolute atomic E-state index is 11.9. The molecule has 0 bridgehead atoms. The van der Waals surface area contributed by atoms with Gasteiger partial charge < -0.3 is 28.5 Å². The van der Waals surface area contributed by atoms with E-state index in [9.17, 15) is 19.8 Å². The molecule has 30 heavy (non-hydrogen) atoms. The highest BCUT2D eigenvalue weighted by Gasteiger charge is 2.34. The van der Waals surface area contributed by atoms with E-state index < -0.39 is 36.6 Å². The summed E-state index contributed by atoms with van der Waals surface area (Å²) >= 11 is 0. The van der Waals surface area contributed by atoms with E-state index in [0.29, 0.717) is 24.4 Å². The number of nitrogens with two attached hydrogens (primary N) is 2. The summed E-state index contributed by atoms with van der Waals surface area (Å²) in [5.74, 6) is 0.323. The summed E-state index contributed by atoms with van der Waals surface area (Å²) in [6.45, 7) is 3.59. The number of ether oxygens (including phenoxy) is 2. The van der Waals surface area contributed by atoms with E-state index in [1.807, 2.05) is 0 Å². The number of carbonyl (C=O) groups excluding carboxylic acids is 2. The van der Waals surface area contributed by atoms with Crippen LogP contribution in [0.15, 0.2) is 33.1 Å². The summed E-state index contributed by atoms with van der Waals surface area (Å²) in [6.07, 6.45) is -5.16. The molecule has 6 N–H and O–H groups in total. The van der Waals surface area contributed by atoms with E-state index in [2.05, 4.69) is 0 Å². The number of rotatable bonds is 11. The number of aliphatic hydroxyl groups is 2. The molecule has 2 heterocycles. The molecule has 0 saturated carbocycles. The van der Waals surface area contributed by atoms with E-state index in [0.717, 1.165) is 11.5 Å². The summed E-state index contributed by atoms with van der Waals surface area (Å²) in [5, 5.41) is 19.7. The minimum absolute atomic E-state index is 0.225. The van der Waals surface area contributed by atoms with Crippen LogP contribution in [0, 0.1) is 13.8 Å². The molecule has 2 rings (SSSR count). The fraction of sp³-hybridized carbons (Fsp3) is 0.500. The Labute approximate surface area is 173 Å². The highest BCUT2D eigenvalue weighted by atomic mass is 16.6. The second-order valence-corrected chi connectivity index (χ2v) is 6.94. The molecule has 10 nitrogen and oxygen atoms in total. The lowest BCUT2D eigenvalue weighted by Crippen LogP contribution is -2.45. The Morgan fingerprint density at radius 2 is 1.20 bits per heavy atom. The van der Waals surface area contributed by atoms with Gasteiger partial charge in [-0.05, 0) is 38.1 Å². The van der Waals surface area contributed by atoms with E-state index in [4.69, 9.17) is 29.8 Å². The van der Waals surface area contributed by atoms with Crippen molar-refractivity contribution < 1.29 is 38.1 Å². The van der Waals surface area contributed by atoms with Crippen LogP contribution in [0.4, 0.5) is 0 Å². The smallest absolute Gasteiger partial charge is 0.339 e. The van der Waals surface area contributed by atoms with Gasteiger partial charge in [-0.2, -0.15) is 0 Å². The Bertz CT molecular complexity index is 762. The first-order valence-corrected chi connectivity index (χ1v) is 9.54. The average molecular weight is 424 g/mol. The monoisotopic (exact) mass is 424 g/mol. The number of furan rings is 2. The molecule has 0 spiro atoms. The zero-order valence-corrected chi connectivity index (χ0v) is 16.9. The summed E-state index contributed by atoms with van der Waals surface area (Å²) in [4.78, 5) is 23.9. The zero-order chi connectivity index (χ0) is 22.3. The quantitative estimate of drug-likeness (QED) is 0.293. The van der Waals surface area contributed by atoms with Crippen LogP contribution in [0.3, 0.4) is 0 Å². The van der Waals surface area contributed by atoms with Crippen molar-refractivity contribution in [1.29, 1.82) is 0 Å². The van der Waals surface area contributed by atoms with Gasteiger partial charge in [0.15, 0.2) is 24.7 Å². The van der Waals surface area contributed by atoms with Gasteiger partial charge in [-0.25, -0.2) is 9.59 Å². The molecule has 0 fully saturated rings. The Kier molecular flexibility index (Phi) is 8.60. The summed E-state index contributed by atoms with van der Waals surface area (Å²) in [7, 11) is 0. The fourth-order valence-electron chi connectivity index (χ4n) is 2.62. The predicted octanol–water partition coefficient (Wildman–Crippen LogP) is 0.433. The molecule has 0 aliphatic carbocycles. The lowest BCUT2D eigenvalue weighted by molar-refractivity contribution is -0.179. The van der Waals surface area contributed by atoms with Crippen LogP contribution in [0.1, 0.15) is 35.9 Å². The molecule has 2 aromatic heterocycles. The van der Waals surface area contributed by atoms with Crippen LogP contribution >= 0.6 is 0 Å². The molecule has 0 saturated heterocycles. The van der Waals surface area contributed by atoms with Gasteiger partial charge in [-0.1, -0.05) is 0 Å². The highest BCUT2D eigenvalue weighted by Crippen LogP contribution is 2.12. The molecular weight excluding hydrogens is 396 g/mol. The molecule has 0 aliphatic heterocycles.